The molecule has 0 amide bonds. The second kappa shape index (κ2) is 9.79. The second-order valence-electron chi connectivity index (χ2n) is 9.03. The maximum Gasteiger partial charge on any atom is -0.0162 e. The Morgan fingerprint density at radius 2 is 1.04 bits per heavy atom. The van der Waals surface area contributed by atoms with E-state index in [0.29, 0.717) is 0 Å². The molecule has 1 aromatic carbocycles. The Kier molecular flexibility index (Phi) is 7.44. The van der Waals surface area contributed by atoms with E-state index < -0.39 is 0 Å². The number of hydrogen-bond donors (Lipinski definition) is 0. The standard InChI is InChI=1S/C25H40/c1-3-5-7-21-10-14-23(15-11-21)25-18-16-24(17-19-25)22-12-8-20(6-4-2)9-13-22/h16-23H,3-15H2,1-2H3. The van der Waals surface area contributed by atoms with Gasteiger partial charge in [0.2, 0.25) is 0 Å². The molecule has 3 rings (SSSR count). The minimum Gasteiger partial charge on any atom is -0.0654 e. The van der Waals surface area contributed by atoms with E-state index in [4.69, 9.17) is 0 Å². The molecule has 0 aliphatic heterocycles. The molecule has 2 aliphatic rings. The van der Waals surface area contributed by atoms with Gasteiger partial charge in [-0.05, 0) is 86.2 Å². The Hall–Kier alpha value is -0.780. The van der Waals surface area contributed by atoms with Crippen molar-refractivity contribution >= 4 is 0 Å². The van der Waals surface area contributed by atoms with Crippen molar-refractivity contribution in [1.29, 1.82) is 0 Å². The van der Waals surface area contributed by atoms with Gasteiger partial charge in [0.15, 0.2) is 0 Å². The lowest BCUT2D eigenvalue weighted by molar-refractivity contribution is 0.303. The van der Waals surface area contributed by atoms with Crippen molar-refractivity contribution in [3.8, 4) is 0 Å². The molecule has 0 heteroatoms. The summed E-state index contributed by atoms with van der Waals surface area (Å²) in [6.45, 7) is 4.66. The average molecular weight is 341 g/mol. The highest BCUT2D eigenvalue weighted by molar-refractivity contribution is 5.28. The van der Waals surface area contributed by atoms with E-state index in [1.54, 1.807) is 11.1 Å². The van der Waals surface area contributed by atoms with Gasteiger partial charge in [-0.3, -0.25) is 0 Å². The van der Waals surface area contributed by atoms with Gasteiger partial charge >= 0.3 is 0 Å². The summed E-state index contributed by atoms with van der Waals surface area (Å²) in [6, 6.07) is 9.90. The van der Waals surface area contributed by atoms with Crippen LogP contribution in [0.5, 0.6) is 0 Å². The zero-order valence-corrected chi connectivity index (χ0v) is 16.8. The Labute approximate surface area is 156 Å². The first-order chi connectivity index (χ1) is 12.3. The summed E-state index contributed by atoms with van der Waals surface area (Å²) in [4.78, 5) is 0. The van der Waals surface area contributed by atoms with Gasteiger partial charge in [-0.15, -0.1) is 0 Å². The lowest BCUT2D eigenvalue weighted by Gasteiger charge is -2.30. The highest BCUT2D eigenvalue weighted by atomic mass is 14.3. The van der Waals surface area contributed by atoms with Crippen molar-refractivity contribution in [3.05, 3.63) is 35.4 Å². The topological polar surface area (TPSA) is 0 Å². The summed E-state index contributed by atoms with van der Waals surface area (Å²) in [5.74, 6) is 3.72. The highest BCUT2D eigenvalue weighted by Crippen LogP contribution is 2.40. The molecule has 1 aromatic rings. The maximum atomic E-state index is 2.48. The average Bonchev–Trinajstić information content (AvgIpc) is 2.68. The summed E-state index contributed by atoms with van der Waals surface area (Å²) in [5.41, 5.74) is 3.24. The Morgan fingerprint density at radius 3 is 1.44 bits per heavy atom. The Balaban J connectivity index is 1.48. The van der Waals surface area contributed by atoms with E-state index >= 15 is 0 Å². The minimum absolute atomic E-state index is 0.840. The molecule has 0 radical (unpaired) electrons. The van der Waals surface area contributed by atoms with Crippen LogP contribution in [0.25, 0.3) is 0 Å². The van der Waals surface area contributed by atoms with Crippen molar-refractivity contribution in [3.63, 3.8) is 0 Å². The van der Waals surface area contributed by atoms with Gasteiger partial charge in [0.05, 0.1) is 0 Å². The van der Waals surface area contributed by atoms with Crippen LogP contribution in [0.1, 0.15) is 120 Å². The summed E-state index contributed by atoms with van der Waals surface area (Å²) >= 11 is 0. The van der Waals surface area contributed by atoms with E-state index in [0.717, 1.165) is 23.7 Å². The first-order valence-electron chi connectivity index (χ1n) is 11.4. The van der Waals surface area contributed by atoms with E-state index in [2.05, 4.69) is 38.1 Å². The zero-order chi connectivity index (χ0) is 17.5. The molecule has 0 N–H and O–H groups in total. The van der Waals surface area contributed by atoms with Crippen LogP contribution in [-0.2, 0) is 0 Å². The fourth-order valence-electron chi connectivity index (χ4n) is 5.51. The van der Waals surface area contributed by atoms with E-state index in [-0.39, 0.29) is 0 Å². The van der Waals surface area contributed by atoms with Gasteiger partial charge in [0, 0.05) is 0 Å². The summed E-state index contributed by atoms with van der Waals surface area (Å²) < 4.78 is 0. The molecule has 2 fully saturated rings. The Bertz CT molecular complexity index is 469. The lowest BCUT2D eigenvalue weighted by Crippen LogP contribution is -2.14. The van der Waals surface area contributed by atoms with Crippen LogP contribution in [0.4, 0.5) is 0 Å². The van der Waals surface area contributed by atoms with Crippen LogP contribution in [0.15, 0.2) is 24.3 Å². The normalized spacial score (nSPS) is 30.3. The largest absolute Gasteiger partial charge is 0.0654 e. The van der Waals surface area contributed by atoms with Crippen LogP contribution >= 0.6 is 0 Å². The van der Waals surface area contributed by atoms with Crippen molar-refractivity contribution in [2.75, 3.05) is 0 Å². The van der Waals surface area contributed by atoms with E-state index in [1.165, 1.54) is 83.5 Å². The quantitative estimate of drug-likeness (QED) is 0.469. The van der Waals surface area contributed by atoms with Gasteiger partial charge in [0.25, 0.3) is 0 Å². The summed E-state index contributed by atoms with van der Waals surface area (Å²) in [7, 11) is 0. The van der Waals surface area contributed by atoms with Crippen LogP contribution in [0, 0.1) is 11.8 Å². The molecule has 0 nitrogen and oxygen atoms in total. The third-order valence-electron chi connectivity index (χ3n) is 7.24. The van der Waals surface area contributed by atoms with Gasteiger partial charge in [-0.25, -0.2) is 0 Å². The summed E-state index contributed by atoms with van der Waals surface area (Å²) in [6.07, 6.45) is 18.6. The molecule has 0 unspecified atom stereocenters. The van der Waals surface area contributed by atoms with Gasteiger partial charge in [-0.1, -0.05) is 70.2 Å². The van der Waals surface area contributed by atoms with Crippen LogP contribution < -0.4 is 0 Å². The molecule has 25 heavy (non-hydrogen) atoms. The van der Waals surface area contributed by atoms with Crippen molar-refractivity contribution < 1.29 is 0 Å². The Morgan fingerprint density at radius 1 is 0.600 bits per heavy atom. The molecule has 0 saturated heterocycles. The van der Waals surface area contributed by atoms with Crippen molar-refractivity contribution in [1.82, 2.24) is 0 Å². The van der Waals surface area contributed by atoms with Gasteiger partial charge < -0.3 is 0 Å². The highest BCUT2D eigenvalue weighted by Gasteiger charge is 2.24. The second-order valence-corrected chi connectivity index (χ2v) is 9.03. The van der Waals surface area contributed by atoms with Crippen LogP contribution in [0.2, 0.25) is 0 Å². The minimum atomic E-state index is 0.840. The molecule has 2 saturated carbocycles. The van der Waals surface area contributed by atoms with Crippen molar-refractivity contribution in [2.45, 2.75) is 109 Å². The third-order valence-corrected chi connectivity index (χ3v) is 7.24. The van der Waals surface area contributed by atoms with Crippen LogP contribution in [-0.4, -0.2) is 0 Å². The van der Waals surface area contributed by atoms with Gasteiger partial charge in [-0.2, -0.15) is 0 Å². The molecular weight excluding hydrogens is 300 g/mol. The van der Waals surface area contributed by atoms with E-state index in [9.17, 15) is 0 Å². The number of benzene rings is 1. The van der Waals surface area contributed by atoms with Gasteiger partial charge in [0.1, 0.15) is 0 Å². The molecule has 0 heterocycles. The molecule has 0 aromatic heterocycles. The molecular formula is C25H40. The predicted molar refractivity (Wildman–Crippen MR) is 110 cm³/mol. The molecule has 0 bridgehead atoms. The van der Waals surface area contributed by atoms with Crippen LogP contribution in [0.3, 0.4) is 0 Å². The molecule has 2 aliphatic carbocycles. The van der Waals surface area contributed by atoms with E-state index in [1.807, 2.05) is 0 Å². The fourth-order valence-corrected chi connectivity index (χ4v) is 5.51. The SMILES string of the molecule is CCCCC1CCC(c2ccc(C3CCC(CCC)CC3)cc2)CC1. The first-order valence-corrected chi connectivity index (χ1v) is 11.4. The molecule has 0 atom stereocenters. The lowest BCUT2D eigenvalue weighted by atomic mass is 9.75. The fraction of sp³-hybridized carbons (Fsp3) is 0.760. The monoisotopic (exact) mass is 340 g/mol. The predicted octanol–water partition coefficient (Wildman–Crippen LogP) is 8.22. The number of unbranched alkanes of at least 4 members (excludes halogenated alkanes) is 1. The number of rotatable bonds is 7. The summed E-state index contributed by atoms with van der Waals surface area (Å²) in [5, 5.41) is 0. The molecule has 140 valence electrons. The third kappa shape index (κ3) is 5.35. The maximum absolute atomic E-state index is 2.48. The zero-order valence-electron chi connectivity index (χ0n) is 16.8. The number of hydrogen-bond acceptors (Lipinski definition) is 0. The van der Waals surface area contributed by atoms with Crippen molar-refractivity contribution in [2.24, 2.45) is 11.8 Å². The molecule has 0 spiro atoms. The smallest absolute Gasteiger partial charge is 0.0162 e. The first kappa shape index (κ1) is 19.0.